The van der Waals surface area contributed by atoms with Crippen LogP contribution in [0.5, 0.6) is 0 Å². The van der Waals surface area contributed by atoms with E-state index in [-0.39, 0.29) is 11.8 Å². The summed E-state index contributed by atoms with van der Waals surface area (Å²) in [5.74, 6) is 1.92. The second kappa shape index (κ2) is 9.68. The summed E-state index contributed by atoms with van der Waals surface area (Å²) in [5.41, 5.74) is 0. The molecule has 0 N–H and O–H groups in total. The molecule has 1 amide bonds. The summed E-state index contributed by atoms with van der Waals surface area (Å²) in [4.78, 5) is 19.4. The number of aromatic nitrogens is 2. The Labute approximate surface area is 185 Å². The molecule has 3 aliphatic rings. The summed E-state index contributed by atoms with van der Waals surface area (Å²) >= 11 is 0. The molecule has 31 heavy (non-hydrogen) atoms. The first-order valence-corrected chi connectivity index (χ1v) is 13.3. The van der Waals surface area contributed by atoms with Crippen molar-refractivity contribution in [3.05, 3.63) is 12.1 Å². The zero-order chi connectivity index (χ0) is 21.8. The Hall–Kier alpha value is -1.94. The van der Waals surface area contributed by atoms with E-state index in [2.05, 4.69) is 26.1 Å². The monoisotopic (exact) mass is 450 g/mol. The summed E-state index contributed by atoms with van der Waals surface area (Å²) in [5, 5.41) is 8.94. The lowest BCUT2D eigenvalue weighted by molar-refractivity contribution is -0.137. The number of anilines is 2. The van der Waals surface area contributed by atoms with E-state index in [1.807, 2.05) is 11.0 Å². The molecule has 0 aliphatic carbocycles. The molecule has 1 aromatic rings. The van der Waals surface area contributed by atoms with Crippen LogP contribution in [0.4, 0.5) is 11.6 Å². The second-order valence-corrected chi connectivity index (χ2v) is 10.9. The van der Waals surface area contributed by atoms with Gasteiger partial charge in [-0.2, -0.15) is 0 Å². The molecule has 0 bridgehead atoms. The molecule has 3 aliphatic heterocycles. The van der Waals surface area contributed by atoms with Gasteiger partial charge < -0.3 is 14.7 Å². The molecular weight excluding hydrogens is 416 g/mol. The fourth-order valence-electron chi connectivity index (χ4n) is 4.80. The summed E-state index contributed by atoms with van der Waals surface area (Å²) in [7, 11) is -3.16. The van der Waals surface area contributed by atoms with Gasteiger partial charge in [-0.1, -0.05) is 12.8 Å². The van der Waals surface area contributed by atoms with Gasteiger partial charge in [0.1, 0.15) is 0 Å². The number of hydrogen-bond acceptors (Lipinski definition) is 7. The average molecular weight is 451 g/mol. The van der Waals surface area contributed by atoms with Gasteiger partial charge in [0, 0.05) is 58.3 Å². The summed E-state index contributed by atoms with van der Waals surface area (Å²) in [6, 6.07) is 4.12. The predicted octanol–water partition coefficient (Wildman–Crippen LogP) is 1.18. The number of carbonyl (C=O) groups excluding carboxylic acids is 1. The van der Waals surface area contributed by atoms with Crippen LogP contribution in [0.3, 0.4) is 0 Å². The molecule has 0 aromatic carbocycles. The van der Waals surface area contributed by atoms with Crippen LogP contribution in [0.15, 0.2) is 12.1 Å². The highest BCUT2D eigenvalue weighted by Gasteiger charge is 2.32. The molecule has 0 atom stereocenters. The first-order valence-electron chi connectivity index (χ1n) is 11.5. The second-order valence-electron chi connectivity index (χ2n) is 8.90. The van der Waals surface area contributed by atoms with Crippen LogP contribution in [-0.2, 0) is 14.8 Å². The molecule has 10 heteroatoms. The zero-order valence-corrected chi connectivity index (χ0v) is 19.3. The molecule has 3 saturated heterocycles. The maximum Gasteiger partial charge on any atom is 0.225 e. The molecule has 1 aromatic heterocycles. The van der Waals surface area contributed by atoms with Crippen molar-refractivity contribution in [2.24, 2.45) is 5.92 Å². The minimum Gasteiger partial charge on any atom is -0.355 e. The highest BCUT2D eigenvalue weighted by atomic mass is 32.2. The molecule has 4 rings (SSSR count). The van der Waals surface area contributed by atoms with Gasteiger partial charge in [0.05, 0.1) is 6.26 Å². The van der Waals surface area contributed by atoms with Gasteiger partial charge in [-0.15, -0.1) is 10.2 Å². The lowest BCUT2D eigenvalue weighted by Gasteiger charge is -2.38. The minimum atomic E-state index is -3.16. The standard InChI is InChI=1S/C21H34N6O3S/c1-31(29,30)27-12-8-18(9-13-27)21(28)26-16-14-25(15-17-26)20-7-6-19(22-23-20)24-10-4-2-3-5-11-24/h6-7,18H,2-5,8-17H2,1H3. The Morgan fingerprint density at radius 1 is 0.806 bits per heavy atom. The van der Waals surface area contributed by atoms with Crippen molar-refractivity contribution in [1.29, 1.82) is 0 Å². The molecule has 9 nitrogen and oxygen atoms in total. The van der Waals surface area contributed by atoms with Gasteiger partial charge in [-0.25, -0.2) is 12.7 Å². The van der Waals surface area contributed by atoms with Crippen LogP contribution in [0.1, 0.15) is 38.5 Å². The van der Waals surface area contributed by atoms with Crippen LogP contribution >= 0.6 is 0 Å². The van der Waals surface area contributed by atoms with Gasteiger partial charge in [0.15, 0.2) is 11.6 Å². The maximum atomic E-state index is 12.9. The SMILES string of the molecule is CS(=O)(=O)N1CCC(C(=O)N2CCN(c3ccc(N4CCCCCC4)nn3)CC2)CC1. The Morgan fingerprint density at radius 3 is 1.81 bits per heavy atom. The van der Waals surface area contributed by atoms with Crippen molar-refractivity contribution in [3.8, 4) is 0 Å². The number of hydrogen-bond donors (Lipinski definition) is 0. The largest absolute Gasteiger partial charge is 0.355 e. The quantitative estimate of drug-likeness (QED) is 0.680. The van der Waals surface area contributed by atoms with E-state index in [1.165, 1.54) is 36.2 Å². The molecule has 0 unspecified atom stereocenters. The number of nitrogens with zero attached hydrogens (tertiary/aromatic N) is 6. The van der Waals surface area contributed by atoms with Crippen LogP contribution in [-0.4, -0.2) is 92.3 Å². The third kappa shape index (κ3) is 5.46. The van der Waals surface area contributed by atoms with Crippen molar-refractivity contribution in [1.82, 2.24) is 19.4 Å². The number of amides is 1. The van der Waals surface area contributed by atoms with Gasteiger partial charge >= 0.3 is 0 Å². The van der Waals surface area contributed by atoms with Crippen molar-refractivity contribution >= 4 is 27.6 Å². The zero-order valence-electron chi connectivity index (χ0n) is 18.4. The smallest absolute Gasteiger partial charge is 0.225 e. The lowest BCUT2D eigenvalue weighted by atomic mass is 9.96. The van der Waals surface area contributed by atoms with Crippen LogP contribution in [0, 0.1) is 5.92 Å². The fourth-order valence-corrected chi connectivity index (χ4v) is 5.68. The number of piperidine rings is 1. The molecular formula is C21H34N6O3S. The van der Waals surface area contributed by atoms with Crippen molar-refractivity contribution in [2.45, 2.75) is 38.5 Å². The predicted molar refractivity (Wildman–Crippen MR) is 121 cm³/mol. The Balaban J connectivity index is 1.27. The van der Waals surface area contributed by atoms with Gasteiger partial charge in [-0.05, 0) is 37.8 Å². The highest BCUT2D eigenvalue weighted by Crippen LogP contribution is 2.23. The normalized spacial score (nSPS) is 22.4. The van der Waals surface area contributed by atoms with E-state index >= 15 is 0 Å². The maximum absolute atomic E-state index is 12.9. The molecule has 4 heterocycles. The first-order chi connectivity index (χ1) is 14.9. The number of rotatable bonds is 4. The van der Waals surface area contributed by atoms with Gasteiger partial charge in [0.2, 0.25) is 15.9 Å². The van der Waals surface area contributed by atoms with E-state index in [1.54, 1.807) is 0 Å². The number of piperazine rings is 1. The van der Waals surface area contributed by atoms with E-state index in [9.17, 15) is 13.2 Å². The molecule has 0 radical (unpaired) electrons. The fraction of sp³-hybridized carbons (Fsp3) is 0.762. The van der Waals surface area contributed by atoms with E-state index in [0.717, 1.165) is 37.8 Å². The molecule has 172 valence electrons. The van der Waals surface area contributed by atoms with Crippen molar-refractivity contribution < 1.29 is 13.2 Å². The van der Waals surface area contributed by atoms with E-state index in [4.69, 9.17) is 0 Å². The Kier molecular flexibility index (Phi) is 6.95. The van der Waals surface area contributed by atoms with E-state index in [0.29, 0.717) is 39.0 Å². The van der Waals surface area contributed by atoms with Crippen LogP contribution in [0.2, 0.25) is 0 Å². The molecule has 3 fully saturated rings. The van der Waals surface area contributed by atoms with Crippen LogP contribution < -0.4 is 9.80 Å². The Morgan fingerprint density at radius 2 is 1.32 bits per heavy atom. The van der Waals surface area contributed by atoms with Crippen molar-refractivity contribution in [2.75, 3.05) is 68.4 Å². The number of sulfonamides is 1. The summed E-state index contributed by atoms with van der Waals surface area (Å²) in [6.07, 6.45) is 7.46. The third-order valence-electron chi connectivity index (χ3n) is 6.75. The molecule has 0 saturated carbocycles. The number of carbonyl (C=O) groups is 1. The summed E-state index contributed by atoms with van der Waals surface area (Å²) < 4.78 is 24.8. The topological polar surface area (TPSA) is 90.0 Å². The summed E-state index contributed by atoms with van der Waals surface area (Å²) in [6.45, 7) is 5.80. The molecule has 0 spiro atoms. The van der Waals surface area contributed by atoms with Gasteiger partial charge in [0.25, 0.3) is 0 Å². The third-order valence-corrected chi connectivity index (χ3v) is 8.06. The van der Waals surface area contributed by atoms with E-state index < -0.39 is 10.0 Å². The Bertz CT molecular complexity index is 838. The van der Waals surface area contributed by atoms with Crippen LogP contribution in [0.25, 0.3) is 0 Å². The van der Waals surface area contributed by atoms with Crippen molar-refractivity contribution in [3.63, 3.8) is 0 Å². The van der Waals surface area contributed by atoms with Gasteiger partial charge in [-0.3, -0.25) is 4.79 Å². The minimum absolute atomic E-state index is 0.0720. The average Bonchev–Trinajstić information content (AvgIpc) is 3.08. The first kappa shape index (κ1) is 22.3. The highest BCUT2D eigenvalue weighted by molar-refractivity contribution is 7.88. The lowest BCUT2D eigenvalue weighted by Crippen LogP contribution is -2.52.